The predicted octanol–water partition coefficient (Wildman–Crippen LogP) is -0.828. The molecule has 0 aromatic carbocycles. The zero-order valence-corrected chi connectivity index (χ0v) is 20.0. The van der Waals surface area contributed by atoms with E-state index < -0.39 is 67.5 Å². The first-order chi connectivity index (χ1) is 13.2. The van der Waals surface area contributed by atoms with Crippen molar-refractivity contribution in [2.24, 2.45) is 5.92 Å². The van der Waals surface area contributed by atoms with Crippen molar-refractivity contribution >= 4 is 30.4 Å². The van der Waals surface area contributed by atoms with Crippen LogP contribution in [0.3, 0.4) is 0 Å². The minimum atomic E-state index is -4.59. The first kappa shape index (κ1) is 30.5. The molecular weight excluding hydrogens is 492 g/mol. The summed E-state index contributed by atoms with van der Waals surface area (Å²) < 4.78 is 50.1. The lowest BCUT2D eigenvalue weighted by atomic mass is 10.2. The molecule has 15 nitrogen and oxygen atoms in total. The van der Waals surface area contributed by atoms with Gasteiger partial charge in [-0.05, 0) is 12.8 Å². The number of nitrogens with zero attached hydrogens (tertiary/aromatic N) is 2. The fourth-order valence-corrected chi connectivity index (χ4v) is 5.86. The molecule has 30 heavy (non-hydrogen) atoms. The van der Waals surface area contributed by atoms with Gasteiger partial charge in [-0.15, -0.1) is 0 Å². The monoisotopic (exact) mass is 522 g/mol. The van der Waals surface area contributed by atoms with E-state index in [1.165, 1.54) is 6.92 Å². The van der Waals surface area contributed by atoms with E-state index in [0.29, 0.717) is 0 Å². The van der Waals surface area contributed by atoms with E-state index in [1.54, 1.807) is 6.92 Å². The maximum Gasteiger partial charge on any atom is 0.339 e. The molecule has 19 heteroatoms. The van der Waals surface area contributed by atoms with Gasteiger partial charge in [-0.25, -0.2) is 0 Å². The Bertz CT molecular complexity index is 604. The maximum absolute atomic E-state index is 11.2. The van der Waals surface area contributed by atoms with Gasteiger partial charge in [-0.3, -0.25) is 28.1 Å². The van der Waals surface area contributed by atoms with Crippen LogP contribution in [-0.2, 0) is 23.0 Å². The summed E-state index contributed by atoms with van der Waals surface area (Å²) in [6.45, 7) is 2.67. The van der Waals surface area contributed by atoms with Crippen molar-refractivity contribution in [2.75, 3.05) is 44.8 Å². The Morgan fingerprint density at radius 3 is 1.23 bits per heavy atom. The molecule has 0 aliphatic carbocycles. The van der Waals surface area contributed by atoms with Crippen molar-refractivity contribution in [1.82, 2.24) is 9.80 Å². The zero-order chi connectivity index (χ0) is 24.0. The average molecular weight is 522 g/mol. The van der Waals surface area contributed by atoms with Gasteiger partial charge in [0.25, 0.3) is 0 Å². The van der Waals surface area contributed by atoms with Crippen molar-refractivity contribution in [3.05, 3.63) is 0 Å². The van der Waals surface area contributed by atoms with Gasteiger partial charge < -0.3 is 43.9 Å². The van der Waals surface area contributed by atoms with Crippen LogP contribution in [0.2, 0.25) is 0 Å². The third-order valence-electron chi connectivity index (χ3n) is 3.29. The SMILES string of the molecule is CC(COC(C)CN(CP(=O)(O)O)CP(=O)(O)O)CN(CP(=O)(O)O)CP(=O)(O)O. The van der Waals surface area contributed by atoms with Gasteiger partial charge in [-0.1, -0.05) is 6.92 Å². The standard InChI is InChI=1S/C11H30N2O13P4/c1-10(3-12(6-27(14,15)16)7-28(17,18)19)5-26-11(2)4-13(8-29(20,21)22)9-30(23,24)25/h10-11H,3-9H2,1-2H3,(H2,14,15,16)(H2,17,18,19)(H2,20,21,22)(H2,23,24,25). The largest absolute Gasteiger partial charge is 0.377 e. The zero-order valence-electron chi connectivity index (χ0n) is 16.4. The van der Waals surface area contributed by atoms with Crippen LogP contribution >= 0.6 is 30.4 Å². The second-order valence-electron chi connectivity index (χ2n) is 7.18. The second kappa shape index (κ2) is 12.1. The van der Waals surface area contributed by atoms with Gasteiger partial charge in [-0.2, -0.15) is 0 Å². The first-order valence-corrected chi connectivity index (χ1v) is 15.6. The van der Waals surface area contributed by atoms with Gasteiger partial charge in [0.05, 0.1) is 12.7 Å². The van der Waals surface area contributed by atoms with Crippen molar-refractivity contribution < 1.29 is 62.1 Å². The molecule has 0 heterocycles. The van der Waals surface area contributed by atoms with Crippen molar-refractivity contribution in [1.29, 1.82) is 0 Å². The van der Waals surface area contributed by atoms with Gasteiger partial charge in [0.1, 0.15) is 25.1 Å². The highest BCUT2D eigenvalue weighted by molar-refractivity contribution is 7.53. The smallest absolute Gasteiger partial charge is 0.339 e. The normalized spacial score (nSPS) is 16.3. The number of rotatable bonds is 15. The third-order valence-corrected chi connectivity index (χ3v) is 6.36. The Kier molecular flexibility index (Phi) is 12.3. The average Bonchev–Trinajstić information content (AvgIpc) is 2.37. The molecule has 0 saturated carbocycles. The Hall–Kier alpha value is 0.480. The van der Waals surface area contributed by atoms with E-state index in [2.05, 4.69) is 0 Å². The summed E-state index contributed by atoms with van der Waals surface area (Å²) in [4.78, 5) is 74.2. The molecule has 0 spiro atoms. The topological polar surface area (TPSA) is 246 Å². The van der Waals surface area contributed by atoms with Crippen molar-refractivity contribution in [2.45, 2.75) is 20.0 Å². The first-order valence-electron chi connectivity index (χ1n) is 8.40. The highest BCUT2D eigenvalue weighted by atomic mass is 31.2. The lowest BCUT2D eigenvalue weighted by Crippen LogP contribution is -2.36. The molecule has 0 fully saturated rings. The molecule has 0 rings (SSSR count). The summed E-state index contributed by atoms with van der Waals surface area (Å²) in [5, 5.41) is 0. The summed E-state index contributed by atoms with van der Waals surface area (Å²) in [6.07, 6.45) is -4.24. The van der Waals surface area contributed by atoms with Crippen LogP contribution in [-0.4, -0.2) is 99.9 Å². The van der Waals surface area contributed by atoms with E-state index in [1.807, 2.05) is 0 Å². The van der Waals surface area contributed by atoms with Gasteiger partial charge in [0, 0.05) is 13.1 Å². The van der Waals surface area contributed by atoms with Gasteiger partial charge in [0.2, 0.25) is 0 Å². The summed E-state index contributed by atoms with van der Waals surface area (Å²) in [5.41, 5.74) is 0. The van der Waals surface area contributed by atoms with E-state index in [-0.39, 0.29) is 19.7 Å². The molecule has 0 bridgehead atoms. The molecule has 0 aromatic rings. The lowest BCUT2D eigenvalue weighted by molar-refractivity contribution is 0.0195. The maximum atomic E-state index is 11.2. The summed E-state index contributed by atoms with van der Waals surface area (Å²) in [5.74, 6) is -0.456. The summed E-state index contributed by atoms with van der Waals surface area (Å²) in [7, 11) is -18.3. The van der Waals surface area contributed by atoms with E-state index in [4.69, 9.17) is 43.9 Å². The quantitative estimate of drug-likeness (QED) is 0.122. The highest BCUT2D eigenvalue weighted by Gasteiger charge is 2.29. The summed E-state index contributed by atoms with van der Waals surface area (Å²) in [6, 6.07) is 0. The lowest BCUT2D eigenvalue weighted by Gasteiger charge is -2.28. The van der Waals surface area contributed by atoms with E-state index in [9.17, 15) is 18.3 Å². The van der Waals surface area contributed by atoms with Crippen molar-refractivity contribution in [3.8, 4) is 0 Å². The number of hydrogen-bond donors (Lipinski definition) is 8. The number of hydrogen-bond acceptors (Lipinski definition) is 7. The van der Waals surface area contributed by atoms with Crippen LogP contribution < -0.4 is 0 Å². The Labute approximate surface area is 173 Å². The van der Waals surface area contributed by atoms with Crippen LogP contribution in [0.5, 0.6) is 0 Å². The van der Waals surface area contributed by atoms with Gasteiger partial charge >= 0.3 is 30.4 Å². The molecule has 2 atom stereocenters. The highest BCUT2D eigenvalue weighted by Crippen LogP contribution is 2.42. The molecule has 8 N–H and O–H groups in total. The minimum Gasteiger partial charge on any atom is -0.377 e. The third kappa shape index (κ3) is 19.2. The van der Waals surface area contributed by atoms with Crippen LogP contribution in [0.25, 0.3) is 0 Å². The Balaban J connectivity index is 4.84. The van der Waals surface area contributed by atoms with Crippen LogP contribution in [0.1, 0.15) is 13.8 Å². The van der Waals surface area contributed by atoms with E-state index >= 15 is 0 Å². The van der Waals surface area contributed by atoms with E-state index in [0.717, 1.165) is 9.80 Å². The summed E-state index contributed by atoms with van der Waals surface area (Å²) >= 11 is 0. The molecule has 0 saturated heterocycles. The fourth-order valence-electron chi connectivity index (χ4n) is 2.60. The second-order valence-corrected chi connectivity index (χ2v) is 13.6. The Morgan fingerprint density at radius 1 is 0.633 bits per heavy atom. The molecule has 0 amide bonds. The number of ether oxygens (including phenoxy) is 1. The molecule has 0 aromatic heterocycles. The minimum absolute atomic E-state index is 0.0559. The fraction of sp³-hybridized carbons (Fsp3) is 1.00. The van der Waals surface area contributed by atoms with Crippen molar-refractivity contribution in [3.63, 3.8) is 0 Å². The molecular formula is C11H30N2O13P4. The molecule has 0 aliphatic heterocycles. The Morgan fingerprint density at radius 2 is 0.933 bits per heavy atom. The van der Waals surface area contributed by atoms with Crippen LogP contribution in [0, 0.1) is 5.92 Å². The molecule has 182 valence electrons. The van der Waals surface area contributed by atoms with Crippen LogP contribution in [0.4, 0.5) is 0 Å². The predicted molar refractivity (Wildman–Crippen MR) is 106 cm³/mol. The van der Waals surface area contributed by atoms with Gasteiger partial charge in [0.15, 0.2) is 0 Å². The van der Waals surface area contributed by atoms with Crippen LogP contribution in [0.15, 0.2) is 0 Å². The molecule has 0 aliphatic rings. The molecule has 2 unspecified atom stereocenters. The molecule has 0 radical (unpaired) electrons.